The Bertz CT molecular complexity index is 295. The van der Waals surface area contributed by atoms with E-state index in [-0.39, 0.29) is 12.3 Å². The van der Waals surface area contributed by atoms with Crippen LogP contribution in [0.5, 0.6) is 0 Å². The Hall–Kier alpha value is -1.43. The summed E-state index contributed by atoms with van der Waals surface area (Å²) >= 11 is 0. The molecule has 2 bridgehead atoms. The van der Waals surface area contributed by atoms with E-state index in [2.05, 4.69) is 0 Å². The zero-order valence-corrected chi connectivity index (χ0v) is 5.52. The molecule has 0 aromatic rings. The first-order valence-electron chi connectivity index (χ1n) is 3.08. The van der Waals surface area contributed by atoms with Crippen molar-refractivity contribution in [1.29, 1.82) is 0 Å². The number of nitrogens with zero attached hydrogens (tertiary/aromatic N) is 2. The molecule has 0 radical (unpaired) electrons. The van der Waals surface area contributed by atoms with Crippen LogP contribution in [-0.4, -0.2) is 38.7 Å². The van der Waals surface area contributed by atoms with E-state index >= 15 is 0 Å². The van der Waals surface area contributed by atoms with Crippen molar-refractivity contribution in [2.75, 3.05) is 0 Å². The van der Waals surface area contributed by atoms with Crippen LogP contribution in [0.4, 0.5) is 4.79 Å². The lowest BCUT2D eigenvalue weighted by Crippen LogP contribution is -2.73. The van der Waals surface area contributed by atoms with Crippen molar-refractivity contribution in [2.24, 2.45) is 5.73 Å². The first-order valence-corrected chi connectivity index (χ1v) is 3.08. The molecule has 1 atom stereocenters. The third-order valence-electron chi connectivity index (χ3n) is 1.80. The van der Waals surface area contributed by atoms with Gasteiger partial charge in [0.25, 0.3) is 5.90 Å². The van der Waals surface area contributed by atoms with Crippen LogP contribution in [0, 0.1) is 0 Å². The van der Waals surface area contributed by atoms with Crippen LogP contribution in [0.2, 0.25) is 0 Å². The molecule has 0 aromatic carbocycles. The molecule has 1 saturated heterocycles. The van der Waals surface area contributed by atoms with Gasteiger partial charge in [0.05, 0.1) is 0 Å². The molecule has 0 spiro atoms. The fourth-order valence-electron chi connectivity index (χ4n) is 1.22. The molecule has 1 fully saturated rings. The highest BCUT2D eigenvalue weighted by Gasteiger charge is 2.60. The van der Waals surface area contributed by atoms with Gasteiger partial charge in [-0.15, -0.1) is 9.48 Å². The molecule has 3 heterocycles. The minimum atomic E-state index is -0.788. The zero-order valence-electron chi connectivity index (χ0n) is 5.52. The summed E-state index contributed by atoms with van der Waals surface area (Å²) in [6.07, 6.45) is -0.914. The number of carbonyl (C=O) groups is 2. The lowest BCUT2D eigenvalue weighted by atomic mass is 10.2. The van der Waals surface area contributed by atoms with Gasteiger partial charge in [0.1, 0.15) is 6.42 Å². The van der Waals surface area contributed by atoms with Crippen molar-refractivity contribution >= 4 is 17.8 Å². The molecule has 11 heavy (non-hydrogen) atoms. The van der Waals surface area contributed by atoms with Crippen LogP contribution in [0.3, 0.4) is 0 Å². The number of fused-ring (bicyclic) bond motifs is 2. The number of imide groups is 1. The number of hydrogen-bond acceptors (Lipinski definition) is 3. The smallest absolute Gasteiger partial charge is 0.480 e. The number of carbonyl (C=O) groups excluding carboxylic acids is 2. The standard InChI is InChI=1S/C5H5N3O3/c6-4-7-2(9)1-3(10)8(4)5(7)11/h4H,1,6H2/p+1. The highest BCUT2D eigenvalue weighted by Crippen LogP contribution is 2.19. The van der Waals surface area contributed by atoms with Gasteiger partial charge in [-0.1, -0.05) is 0 Å². The number of aliphatic hydroxyl groups is 1. The topological polar surface area (TPSA) is 86.6 Å². The molecule has 6 nitrogen and oxygen atoms in total. The lowest BCUT2D eigenvalue weighted by Gasteiger charge is -2.32. The Balaban J connectivity index is 2.51. The van der Waals surface area contributed by atoms with Gasteiger partial charge in [-0.3, -0.25) is 5.73 Å². The molecule has 0 aliphatic carbocycles. The summed E-state index contributed by atoms with van der Waals surface area (Å²) in [6, 6.07) is -0.536. The van der Waals surface area contributed by atoms with Gasteiger partial charge in [-0.25, -0.2) is 4.79 Å². The lowest BCUT2D eigenvalue weighted by molar-refractivity contribution is -0.569. The van der Waals surface area contributed by atoms with E-state index in [1.54, 1.807) is 0 Å². The Morgan fingerprint density at radius 2 is 2.27 bits per heavy atom. The highest BCUT2D eigenvalue weighted by atomic mass is 16.3. The number of amides is 3. The Labute approximate surface area is 61.5 Å². The number of nitrogens with two attached hydrogens (primary N) is 1. The number of hydrogen-bond donors (Lipinski definition) is 2. The summed E-state index contributed by atoms with van der Waals surface area (Å²) < 4.78 is 0.988. The minimum absolute atomic E-state index is 0.126. The van der Waals surface area contributed by atoms with Crippen LogP contribution in [-0.2, 0) is 4.79 Å². The van der Waals surface area contributed by atoms with Crippen LogP contribution < -0.4 is 5.73 Å². The molecule has 0 saturated carbocycles. The second-order valence-electron chi connectivity index (χ2n) is 2.42. The average Bonchev–Trinajstić information content (AvgIpc) is 1.84. The number of aliphatic hydroxyl groups excluding tert-OH is 1. The molecule has 58 valence electrons. The Morgan fingerprint density at radius 3 is 2.64 bits per heavy atom. The molecular weight excluding hydrogens is 150 g/mol. The average molecular weight is 156 g/mol. The maximum absolute atomic E-state index is 10.9. The largest absolute Gasteiger partial charge is 0.512 e. The second-order valence-corrected chi connectivity index (χ2v) is 2.42. The van der Waals surface area contributed by atoms with E-state index < -0.39 is 18.2 Å². The first kappa shape index (κ1) is 6.29. The fraction of sp³-hybridized carbons (Fsp3) is 0.400. The SMILES string of the molecule is NC1N2C(=O)CC(O)=[N+]1C2=O. The van der Waals surface area contributed by atoms with E-state index in [0.717, 1.165) is 9.48 Å². The Kier molecular flexibility index (Phi) is 0.910. The normalized spacial score (nSPS) is 29.2. The zero-order chi connectivity index (χ0) is 8.17. The van der Waals surface area contributed by atoms with Gasteiger partial charge in [-0.2, -0.15) is 4.79 Å². The van der Waals surface area contributed by atoms with Crippen molar-refractivity contribution in [3.05, 3.63) is 0 Å². The van der Waals surface area contributed by atoms with Crippen LogP contribution in [0.1, 0.15) is 6.42 Å². The summed E-state index contributed by atoms with van der Waals surface area (Å²) in [7, 11) is 0. The van der Waals surface area contributed by atoms with Crippen LogP contribution in [0.25, 0.3) is 0 Å². The van der Waals surface area contributed by atoms with Gasteiger partial charge in [0.15, 0.2) is 0 Å². The maximum Gasteiger partial charge on any atom is 0.512 e. The predicted octanol–water partition coefficient (Wildman–Crippen LogP) is -1.44. The molecule has 3 N–H and O–H groups in total. The number of rotatable bonds is 0. The summed E-state index contributed by atoms with van der Waals surface area (Å²) in [5, 5.41) is 9.02. The summed E-state index contributed by atoms with van der Waals surface area (Å²) in [4.78, 5) is 22.6. The third kappa shape index (κ3) is 0.524. The summed E-state index contributed by atoms with van der Waals surface area (Å²) in [5.74, 6) is -0.697. The van der Waals surface area contributed by atoms with E-state index in [9.17, 15) is 9.59 Å². The quantitative estimate of drug-likeness (QED) is 0.421. The van der Waals surface area contributed by atoms with Crippen molar-refractivity contribution in [3.63, 3.8) is 0 Å². The van der Waals surface area contributed by atoms with Crippen molar-refractivity contribution in [3.8, 4) is 0 Å². The monoisotopic (exact) mass is 156 g/mol. The van der Waals surface area contributed by atoms with Gasteiger partial charge < -0.3 is 5.11 Å². The maximum atomic E-state index is 10.9. The fourth-order valence-corrected chi connectivity index (χ4v) is 1.22. The van der Waals surface area contributed by atoms with Crippen LogP contribution >= 0.6 is 0 Å². The van der Waals surface area contributed by atoms with Gasteiger partial charge in [0, 0.05) is 0 Å². The molecule has 3 amide bonds. The van der Waals surface area contributed by atoms with Gasteiger partial charge in [0.2, 0.25) is 0 Å². The molecular formula is C5H6N3O3+. The predicted molar refractivity (Wildman–Crippen MR) is 32.7 cm³/mol. The van der Waals surface area contributed by atoms with E-state index in [1.165, 1.54) is 0 Å². The van der Waals surface area contributed by atoms with Crippen molar-refractivity contribution in [2.45, 2.75) is 12.7 Å². The minimum Gasteiger partial charge on any atom is -0.480 e. The van der Waals surface area contributed by atoms with E-state index in [1.807, 2.05) is 0 Å². The second kappa shape index (κ2) is 1.59. The van der Waals surface area contributed by atoms with Crippen LogP contribution in [0.15, 0.2) is 0 Å². The summed E-state index contributed by atoms with van der Waals surface area (Å²) in [6.45, 7) is 0. The molecule has 0 aromatic heterocycles. The third-order valence-corrected chi connectivity index (χ3v) is 1.80. The van der Waals surface area contributed by atoms with E-state index in [0.29, 0.717) is 0 Å². The highest BCUT2D eigenvalue weighted by molar-refractivity contribution is 6.07. The van der Waals surface area contributed by atoms with Crippen molar-refractivity contribution < 1.29 is 19.3 Å². The molecule has 3 rings (SSSR count). The van der Waals surface area contributed by atoms with Crippen molar-refractivity contribution in [1.82, 2.24) is 4.90 Å². The van der Waals surface area contributed by atoms with E-state index in [4.69, 9.17) is 10.8 Å². The van der Waals surface area contributed by atoms with Gasteiger partial charge >= 0.3 is 18.2 Å². The first-order chi connectivity index (χ1) is 5.13. The number of urea groups is 1. The molecule has 3 aliphatic rings. The van der Waals surface area contributed by atoms with Gasteiger partial charge in [-0.05, 0) is 0 Å². The molecule has 6 heteroatoms. The summed E-state index contributed by atoms with van der Waals surface area (Å²) in [5.41, 5.74) is 5.33. The molecule has 1 unspecified atom stereocenters. The Morgan fingerprint density at radius 1 is 1.64 bits per heavy atom. The molecule has 3 aliphatic heterocycles.